The molecule has 0 bridgehead atoms. The number of amides is 1. The van der Waals surface area contributed by atoms with Gasteiger partial charge in [0.2, 0.25) is 5.91 Å². The Bertz CT molecular complexity index is 1800. The molecule has 2 saturated heterocycles. The molecular weight excluding hydrogens is 864 g/mol. The monoisotopic (exact) mass is 900 g/mol. The van der Waals surface area contributed by atoms with E-state index in [1.807, 2.05) is 47.6 Å². The van der Waals surface area contributed by atoms with E-state index in [2.05, 4.69) is 50.6 Å². The Hall–Kier alpha value is -6.02. The Balaban J connectivity index is 0.000000539. The molecule has 4 N–H and O–H groups in total. The fourth-order valence-electron chi connectivity index (χ4n) is 5.67. The molecule has 340 valence electrons. The minimum absolute atomic E-state index is 0.102. The number of piperidine rings is 1. The molecule has 2 aliphatic heterocycles. The van der Waals surface area contributed by atoms with Gasteiger partial charge in [-0.2, -0.15) is 57.8 Å². The molecule has 5 rings (SSSR count). The largest absolute Gasteiger partial charge is 0.490 e. The van der Waals surface area contributed by atoms with E-state index in [1.165, 1.54) is 5.69 Å². The maximum absolute atomic E-state index is 14.2. The number of aliphatic carboxylic acids is 4. The highest BCUT2D eigenvalue weighted by Gasteiger charge is 2.56. The molecule has 3 aromatic rings. The number of carbonyl (C=O) groups excluding carboxylic acids is 1. The molecule has 27 heteroatoms. The molecule has 0 unspecified atom stereocenters. The van der Waals surface area contributed by atoms with E-state index < -0.39 is 54.0 Å². The molecule has 0 radical (unpaired) electrons. The lowest BCUT2D eigenvalue weighted by Gasteiger charge is -2.42. The van der Waals surface area contributed by atoms with Crippen LogP contribution in [0, 0.1) is 5.41 Å². The van der Waals surface area contributed by atoms with Gasteiger partial charge in [0.05, 0.1) is 23.3 Å². The van der Waals surface area contributed by atoms with Crippen molar-refractivity contribution in [1.82, 2.24) is 29.5 Å². The Morgan fingerprint density at radius 2 is 1.10 bits per heavy atom. The predicted octanol–water partition coefficient (Wildman–Crippen LogP) is 6.20. The van der Waals surface area contributed by atoms with Gasteiger partial charge in [-0.3, -0.25) is 24.3 Å². The van der Waals surface area contributed by atoms with Gasteiger partial charge in [0.15, 0.2) is 0 Å². The molecule has 2 aliphatic rings. The number of pyridine rings is 2. The van der Waals surface area contributed by atoms with Gasteiger partial charge in [-0.1, -0.05) is 12.1 Å². The van der Waals surface area contributed by atoms with Crippen LogP contribution in [-0.4, -0.2) is 124 Å². The van der Waals surface area contributed by atoms with Gasteiger partial charge < -0.3 is 25.3 Å². The Morgan fingerprint density at radius 1 is 0.689 bits per heavy atom. The molecule has 15 nitrogen and oxygen atoms in total. The van der Waals surface area contributed by atoms with Gasteiger partial charge in [0.25, 0.3) is 0 Å². The van der Waals surface area contributed by atoms with Gasteiger partial charge in [0, 0.05) is 62.4 Å². The van der Waals surface area contributed by atoms with Gasteiger partial charge in [-0.05, 0) is 57.0 Å². The van der Waals surface area contributed by atoms with Crippen LogP contribution in [0.15, 0.2) is 61.1 Å². The number of nitrogens with zero attached hydrogens (tertiary/aromatic N) is 6. The summed E-state index contributed by atoms with van der Waals surface area (Å²) >= 11 is 0. The highest BCUT2D eigenvalue weighted by molar-refractivity contribution is 5.85. The first-order valence-corrected chi connectivity index (χ1v) is 16.9. The summed E-state index contributed by atoms with van der Waals surface area (Å²) in [6.45, 7) is 7.99. The summed E-state index contributed by atoms with van der Waals surface area (Å²) < 4.78 is 129. The van der Waals surface area contributed by atoms with Crippen molar-refractivity contribution in [3.8, 4) is 0 Å². The maximum atomic E-state index is 14.2. The summed E-state index contributed by atoms with van der Waals surface area (Å²) in [5.41, 5.74) is 2.70. The summed E-state index contributed by atoms with van der Waals surface area (Å²) in [6, 6.07) is 14.3. The second-order valence-electron chi connectivity index (χ2n) is 12.9. The number of alkyl halides is 12. The third-order valence-corrected chi connectivity index (χ3v) is 8.09. The first-order chi connectivity index (χ1) is 27.8. The first kappa shape index (κ1) is 53.0. The van der Waals surface area contributed by atoms with Crippen molar-refractivity contribution >= 4 is 29.8 Å². The molecule has 61 heavy (non-hydrogen) atoms. The van der Waals surface area contributed by atoms with Crippen molar-refractivity contribution in [3.63, 3.8) is 0 Å². The summed E-state index contributed by atoms with van der Waals surface area (Å²) in [5, 5.41) is 33.1. The van der Waals surface area contributed by atoms with Crippen LogP contribution >= 0.6 is 0 Å². The fourth-order valence-corrected chi connectivity index (χ4v) is 5.67. The molecule has 1 amide bonds. The van der Waals surface area contributed by atoms with E-state index >= 15 is 0 Å². The minimum atomic E-state index is -5.08. The van der Waals surface area contributed by atoms with Crippen LogP contribution in [0.1, 0.15) is 55.7 Å². The summed E-state index contributed by atoms with van der Waals surface area (Å²) in [4.78, 5) is 63.2. The quantitative estimate of drug-likeness (QED) is 0.203. The van der Waals surface area contributed by atoms with Crippen molar-refractivity contribution < 1.29 is 97.1 Å². The zero-order valence-corrected chi connectivity index (χ0v) is 31.4. The third-order valence-electron chi connectivity index (χ3n) is 8.09. The Morgan fingerprint density at radius 3 is 1.46 bits per heavy atom. The first-order valence-electron chi connectivity index (χ1n) is 16.9. The topological polar surface area (TPSA) is 216 Å². The normalized spacial score (nSPS) is 18.0. The zero-order valence-electron chi connectivity index (χ0n) is 31.4. The summed E-state index contributed by atoms with van der Waals surface area (Å²) in [5.74, 6) is -10.7. The number of carboxylic acid groups (broad SMARTS) is 4. The average molecular weight is 901 g/mol. The number of hydrogen-bond acceptors (Lipinski definition) is 9. The molecule has 0 aliphatic carbocycles. The Kier molecular flexibility index (Phi) is 19.1. The van der Waals surface area contributed by atoms with Gasteiger partial charge in [-0.15, -0.1) is 0 Å². The van der Waals surface area contributed by atoms with Crippen LogP contribution < -0.4 is 0 Å². The highest BCUT2D eigenvalue weighted by atomic mass is 19.4. The van der Waals surface area contributed by atoms with E-state index in [1.54, 1.807) is 6.20 Å². The van der Waals surface area contributed by atoms with Crippen LogP contribution in [0.4, 0.5) is 52.7 Å². The number of halogens is 12. The molecule has 2 fully saturated rings. The standard InChI is InChI=1S/C26H32N6O.4C2HF3O2/c1-20(2)32-24(10-14-29-32)23-18-30(16-21-8-3-5-12-27-21)19-26(23)11-7-15-31(25(26)33)17-22-9-4-6-13-28-22;4*3-2(4,5)1(6)7/h3-6,8-10,12-14,20,23H,7,11,15-19H2,1-2H3;4*(H,6,7)/t23-,26+;;;;/m0..../s1. The number of carbonyl (C=O) groups is 5. The van der Waals surface area contributed by atoms with Crippen LogP contribution in [0.5, 0.6) is 0 Å². The molecule has 5 heterocycles. The molecule has 0 aromatic carbocycles. The van der Waals surface area contributed by atoms with E-state index in [0.717, 1.165) is 50.4 Å². The summed E-state index contributed by atoms with van der Waals surface area (Å²) in [6.07, 6.45) is -12.9. The lowest BCUT2D eigenvalue weighted by Crippen LogP contribution is -2.52. The SMILES string of the molecule is CC(C)n1nccc1[C@@H]1CN(Cc2ccccn2)C[C@]12CCCN(Cc1ccccn1)C2=O.O=C(O)C(F)(F)F.O=C(O)C(F)(F)F.O=C(O)C(F)(F)F.O=C(O)C(F)(F)F. The number of likely N-dealkylation sites (tertiary alicyclic amines) is 2. The van der Waals surface area contributed by atoms with Crippen LogP contribution in [0.3, 0.4) is 0 Å². The average Bonchev–Trinajstić information content (AvgIpc) is 3.76. The van der Waals surface area contributed by atoms with Crippen LogP contribution in [0.2, 0.25) is 0 Å². The van der Waals surface area contributed by atoms with E-state index in [-0.39, 0.29) is 17.9 Å². The van der Waals surface area contributed by atoms with Crippen molar-refractivity contribution in [1.29, 1.82) is 0 Å². The van der Waals surface area contributed by atoms with Gasteiger partial charge in [-0.25, -0.2) is 19.2 Å². The lowest BCUT2D eigenvalue weighted by molar-refractivity contribution is -0.193. The fraction of sp³-hybridized carbons (Fsp3) is 0.471. The van der Waals surface area contributed by atoms with Crippen molar-refractivity contribution in [2.24, 2.45) is 5.41 Å². The summed E-state index contributed by atoms with van der Waals surface area (Å²) in [7, 11) is 0. The number of rotatable bonds is 6. The van der Waals surface area contributed by atoms with Crippen molar-refractivity contribution in [2.75, 3.05) is 19.6 Å². The highest BCUT2D eigenvalue weighted by Crippen LogP contribution is 2.50. The minimum Gasteiger partial charge on any atom is -0.475 e. The van der Waals surface area contributed by atoms with Crippen molar-refractivity contribution in [2.45, 2.75) is 76.4 Å². The second kappa shape index (κ2) is 22.0. The number of hydrogen-bond donors (Lipinski definition) is 4. The van der Waals surface area contributed by atoms with E-state index in [9.17, 15) is 57.5 Å². The van der Waals surface area contributed by atoms with Gasteiger partial charge in [0.1, 0.15) is 0 Å². The number of carboxylic acids is 4. The molecule has 0 saturated carbocycles. The van der Waals surface area contributed by atoms with Gasteiger partial charge >= 0.3 is 48.6 Å². The molecule has 2 atom stereocenters. The molecular formula is C34H36F12N6O9. The predicted molar refractivity (Wildman–Crippen MR) is 181 cm³/mol. The molecule has 1 spiro atoms. The third kappa shape index (κ3) is 17.2. The van der Waals surface area contributed by atoms with Crippen molar-refractivity contribution in [3.05, 3.63) is 78.1 Å². The lowest BCUT2D eigenvalue weighted by atomic mass is 9.70. The second-order valence-corrected chi connectivity index (χ2v) is 12.9. The van der Waals surface area contributed by atoms with Crippen LogP contribution in [-0.2, 0) is 37.1 Å². The smallest absolute Gasteiger partial charge is 0.475 e. The number of aromatic nitrogens is 4. The zero-order chi connectivity index (χ0) is 47.1. The van der Waals surface area contributed by atoms with Crippen LogP contribution in [0.25, 0.3) is 0 Å². The Labute approximate surface area is 336 Å². The van der Waals surface area contributed by atoms with E-state index in [4.69, 9.17) is 39.6 Å². The molecule has 3 aromatic heterocycles. The van der Waals surface area contributed by atoms with E-state index in [0.29, 0.717) is 6.54 Å². The maximum Gasteiger partial charge on any atom is 0.490 e.